The van der Waals surface area contributed by atoms with Gasteiger partial charge in [0.1, 0.15) is 5.69 Å². The maximum atomic E-state index is 13.0. The molecular weight excluding hydrogens is 406 g/mol. The number of hydrazone groups is 1. The lowest BCUT2D eigenvalue weighted by Crippen LogP contribution is -2.43. The third-order valence-corrected chi connectivity index (χ3v) is 6.78. The van der Waals surface area contributed by atoms with E-state index in [1.54, 1.807) is 61.1 Å². The SMILES string of the molecule is Cc1c(NN=C2C(=O)N(C)c3ccccc3S2(=O)=O)c(=O)n(-c2ccccc2)n1C. The Morgan fingerprint density at radius 2 is 1.57 bits per heavy atom. The predicted octanol–water partition coefficient (Wildman–Crippen LogP) is 1.66. The van der Waals surface area contributed by atoms with Crippen LogP contribution in [-0.2, 0) is 21.7 Å². The van der Waals surface area contributed by atoms with Gasteiger partial charge in [-0.3, -0.25) is 19.7 Å². The van der Waals surface area contributed by atoms with Crippen LogP contribution >= 0.6 is 0 Å². The molecule has 1 aliphatic rings. The van der Waals surface area contributed by atoms with Gasteiger partial charge in [-0.15, -0.1) is 0 Å². The van der Waals surface area contributed by atoms with Gasteiger partial charge in [0, 0.05) is 14.1 Å². The minimum absolute atomic E-state index is 0.0147. The number of hydrogen-bond donors (Lipinski definition) is 1. The fourth-order valence-corrected chi connectivity index (χ4v) is 4.82. The second-order valence-electron chi connectivity index (χ2n) is 6.80. The molecule has 1 aromatic heterocycles. The number of hydrogen-bond acceptors (Lipinski definition) is 6. The van der Waals surface area contributed by atoms with Gasteiger partial charge < -0.3 is 4.90 Å². The minimum atomic E-state index is -4.14. The van der Waals surface area contributed by atoms with Crippen LogP contribution in [0.25, 0.3) is 5.69 Å². The van der Waals surface area contributed by atoms with E-state index in [0.29, 0.717) is 11.4 Å². The zero-order valence-electron chi connectivity index (χ0n) is 16.5. The smallest absolute Gasteiger partial charge is 0.296 e. The van der Waals surface area contributed by atoms with Gasteiger partial charge in [-0.1, -0.05) is 30.3 Å². The van der Waals surface area contributed by atoms with Gasteiger partial charge in [-0.05, 0) is 31.2 Å². The first kappa shape index (κ1) is 19.6. The topological polar surface area (TPSA) is 106 Å². The highest BCUT2D eigenvalue weighted by Gasteiger charge is 2.40. The molecule has 0 spiro atoms. The molecule has 4 rings (SSSR count). The van der Waals surface area contributed by atoms with Gasteiger partial charge in [-0.2, -0.15) is 5.10 Å². The van der Waals surface area contributed by atoms with E-state index in [1.807, 2.05) is 6.07 Å². The average Bonchev–Trinajstić information content (AvgIpc) is 2.95. The highest BCUT2D eigenvalue weighted by atomic mass is 32.2. The molecule has 0 radical (unpaired) electrons. The van der Waals surface area contributed by atoms with Crippen LogP contribution in [0, 0.1) is 6.92 Å². The van der Waals surface area contributed by atoms with Crippen molar-refractivity contribution in [2.45, 2.75) is 11.8 Å². The Kier molecular flexibility index (Phi) is 4.58. The number of amides is 1. The molecule has 2 heterocycles. The Morgan fingerprint density at radius 1 is 0.933 bits per heavy atom. The molecule has 0 atom stereocenters. The fourth-order valence-electron chi connectivity index (χ4n) is 3.35. The molecule has 1 N–H and O–H groups in total. The summed E-state index contributed by atoms with van der Waals surface area (Å²) in [5.74, 6) is -0.779. The first-order valence-electron chi connectivity index (χ1n) is 9.05. The van der Waals surface area contributed by atoms with Crippen LogP contribution < -0.4 is 15.9 Å². The largest absolute Gasteiger partial charge is 0.308 e. The number of rotatable bonds is 3. The van der Waals surface area contributed by atoms with Gasteiger partial charge in [0.25, 0.3) is 11.5 Å². The third kappa shape index (κ3) is 2.84. The van der Waals surface area contributed by atoms with Gasteiger partial charge in [-0.25, -0.2) is 13.1 Å². The number of anilines is 2. The Hall–Kier alpha value is -3.66. The molecule has 0 bridgehead atoms. The molecular formula is C20H19N5O4S. The second-order valence-corrected chi connectivity index (χ2v) is 8.63. The van der Waals surface area contributed by atoms with Crippen LogP contribution in [0.4, 0.5) is 11.4 Å². The maximum absolute atomic E-state index is 13.0. The summed E-state index contributed by atoms with van der Waals surface area (Å²) < 4.78 is 28.9. The van der Waals surface area contributed by atoms with Crippen LogP contribution in [0.15, 0.2) is 69.4 Å². The van der Waals surface area contributed by atoms with Crippen molar-refractivity contribution in [2.24, 2.45) is 12.1 Å². The number of para-hydroxylation sites is 2. The number of carbonyl (C=O) groups is 1. The molecule has 0 aliphatic carbocycles. The molecule has 9 nitrogen and oxygen atoms in total. The lowest BCUT2D eigenvalue weighted by molar-refractivity contribution is -0.112. The van der Waals surface area contributed by atoms with E-state index in [2.05, 4.69) is 10.5 Å². The number of aromatic nitrogens is 2. The van der Waals surface area contributed by atoms with Crippen LogP contribution in [0.2, 0.25) is 0 Å². The summed E-state index contributed by atoms with van der Waals surface area (Å²) in [4.78, 5) is 26.8. The molecule has 0 saturated heterocycles. The normalized spacial score (nSPS) is 16.6. The summed E-state index contributed by atoms with van der Waals surface area (Å²) in [5.41, 5.74) is 3.65. The summed E-state index contributed by atoms with van der Waals surface area (Å²) in [7, 11) is -0.959. The first-order valence-corrected chi connectivity index (χ1v) is 10.5. The van der Waals surface area contributed by atoms with E-state index < -0.39 is 26.3 Å². The maximum Gasteiger partial charge on any atom is 0.296 e. The highest BCUT2D eigenvalue weighted by molar-refractivity contribution is 8.08. The molecule has 30 heavy (non-hydrogen) atoms. The molecule has 2 aromatic carbocycles. The van der Waals surface area contributed by atoms with Crippen molar-refractivity contribution in [3.8, 4) is 5.69 Å². The van der Waals surface area contributed by atoms with Crippen molar-refractivity contribution in [2.75, 3.05) is 17.4 Å². The van der Waals surface area contributed by atoms with E-state index in [-0.39, 0.29) is 16.3 Å². The minimum Gasteiger partial charge on any atom is -0.308 e. The van der Waals surface area contributed by atoms with Crippen LogP contribution in [-0.4, -0.2) is 35.8 Å². The Morgan fingerprint density at radius 3 is 2.27 bits per heavy atom. The van der Waals surface area contributed by atoms with Gasteiger partial charge in [0.2, 0.25) is 14.9 Å². The number of benzene rings is 2. The monoisotopic (exact) mass is 425 g/mol. The lowest BCUT2D eigenvalue weighted by atomic mass is 10.3. The molecule has 1 aliphatic heterocycles. The Labute approximate surface area is 172 Å². The zero-order chi connectivity index (χ0) is 21.6. The third-order valence-electron chi connectivity index (χ3n) is 5.08. The van der Waals surface area contributed by atoms with Crippen molar-refractivity contribution in [3.63, 3.8) is 0 Å². The molecule has 0 unspecified atom stereocenters. The fraction of sp³-hybridized carbons (Fsp3) is 0.150. The van der Waals surface area contributed by atoms with Crippen LogP contribution in [0.5, 0.6) is 0 Å². The number of nitrogens with zero attached hydrogens (tertiary/aromatic N) is 4. The molecule has 3 aromatic rings. The van der Waals surface area contributed by atoms with Gasteiger partial charge in [0.15, 0.2) is 0 Å². The summed E-state index contributed by atoms with van der Waals surface area (Å²) in [6.45, 7) is 1.70. The quantitative estimate of drug-likeness (QED) is 0.643. The number of fused-ring (bicyclic) bond motifs is 1. The van der Waals surface area contributed by atoms with Gasteiger partial charge >= 0.3 is 0 Å². The highest BCUT2D eigenvalue weighted by Crippen LogP contribution is 2.31. The van der Waals surface area contributed by atoms with Crippen LogP contribution in [0.1, 0.15) is 5.69 Å². The number of sulfone groups is 1. The first-order chi connectivity index (χ1) is 14.2. The summed E-state index contributed by atoms with van der Waals surface area (Å²) in [6, 6.07) is 15.2. The van der Waals surface area contributed by atoms with E-state index in [4.69, 9.17) is 0 Å². The Bertz CT molecular complexity index is 1350. The molecule has 0 saturated carbocycles. The van der Waals surface area contributed by atoms with E-state index >= 15 is 0 Å². The van der Waals surface area contributed by atoms with E-state index in [1.165, 1.54) is 22.7 Å². The lowest BCUT2D eigenvalue weighted by Gasteiger charge is -2.25. The average molecular weight is 425 g/mol. The standard InChI is InChI=1S/C20H19N5O4S/c1-13-17(19(26)25(24(13)3)14-9-5-4-6-10-14)21-22-18-20(27)23(2)15-11-7-8-12-16(15)30(18,28)29/h4-12,21H,1-3H3. The summed E-state index contributed by atoms with van der Waals surface area (Å²) in [6.07, 6.45) is 0. The van der Waals surface area contributed by atoms with Crippen molar-refractivity contribution in [1.29, 1.82) is 0 Å². The summed E-state index contributed by atoms with van der Waals surface area (Å²) in [5, 5.41) is 3.20. The van der Waals surface area contributed by atoms with E-state index in [9.17, 15) is 18.0 Å². The zero-order valence-corrected chi connectivity index (χ0v) is 17.3. The summed E-state index contributed by atoms with van der Waals surface area (Å²) >= 11 is 0. The van der Waals surface area contributed by atoms with Gasteiger partial charge in [0.05, 0.1) is 22.0 Å². The van der Waals surface area contributed by atoms with Crippen molar-refractivity contribution < 1.29 is 13.2 Å². The van der Waals surface area contributed by atoms with Crippen LogP contribution in [0.3, 0.4) is 0 Å². The predicted molar refractivity (Wildman–Crippen MR) is 114 cm³/mol. The molecule has 10 heteroatoms. The molecule has 1 amide bonds. The molecule has 0 fully saturated rings. The number of nitrogens with one attached hydrogen (secondary N) is 1. The van der Waals surface area contributed by atoms with E-state index in [0.717, 1.165) is 0 Å². The Balaban J connectivity index is 1.80. The van der Waals surface area contributed by atoms with Crippen molar-refractivity contribution >= 4 is 32.2 Å². The number of carbonyl (C=O) groups excluding carboxylic acids is 1. The molecule has 154 valence electrons. The van der Waals surface area contributed by atoms with Crippen molar-refractivity contribution in [3.05, 3.63) is 70.6 Å². The van der Waals surface area contributed by atoms with Crippen molar-refractivity contribution in [1.82, 2.24) is 9.36 Å². The second kappa shape index (κ2) is 6.99.